The molecule has 0 bridgehead atoms. The van der Waals surface area contributed by atoms with E-state index >= 15 is 0 Å². The van der Waals surface area contributed by atoms with Crippen LogP contribution in [0.3, 0.4) is 0 Å². The minimum atomic E-state index is -0.349. The smallest absolute Gasteiger partial charge is 0.143 e. The molecule has 4 nitrogen and oxygen atoms in total. The Balaban J connectivity index is 2.08. The molecule has 1 aromatic heterocycles. The first kappa shape index (κ1) is 11.7. The molecule has 5 heteroatoms. The molecular weight excluding hydrogens is 219 g/mol. The van der Waals surface area contributed by atoms with Gasteiger partial charge in [0.2, 0.25) is 0 Å². The molecule has 17 heavy (non-hydrogen) atoms. The van der Waals surface area contributed by atoms with Gasteiger partial charge in [-0.3, -0.25) is 9.99 Å². The fourth-order valence-corrected chi connectivity index (χ4v) is 1.75. The van der Waals surface area contributed by atoms with E-state index in [1.807, 2.05) is 6.92 Å². The SMILES string of the molecule is C=CCNC1CN(c2cncc(F)c2)N=C1C. The highest BCUT2D eigenvalue weighted by Crippen LogP contribution is 2.19. The molecule has 0 amide bonds. The summed E-state index contributed by atoms with van der Waals surface area (Å²) in [5.74, 6) is -0.349. The zero-order valence-corrected chi connectivity index (χ0v) is 9.73. The molecule has 0 spiro atoms. The van der Waals surface area contributed by atoms with Gasteiger partial charge in [-0.15, -0.1) is 6.58 Å². The highest BCUT2D eigenvalue weighted by Gasteiger charge is 2.23. The Bertz CT molecular complexity index is 444. The van der Waals surface area contributed by atoms with Gasteiger partial charge in [-0.1, -0.05) is 6.08 Å². The fraction of sp³-hybridized carbons (Fsp3) is 0.333. The van der Waals surface area contributed by atoms with E-state index in [1.165, 1.54) is 12.3 Å². The number of hydrogen-bond donors (Lipinski definition) is 1. The minimum absolute atomic E-state index is 0.177. The zero-order chi connectivity index (χ0) is 12.3. The van der Waals surface area contributed by atoms with Gasteiger partial charge in [-0.25, -0.2) is 4.39 Å². The molecule has 90 valence electrons. The summed E-state index contributed by atoms with van der Waals surface area (Å²) in [5.41, 5.74) is 1.66. The molecule has 0 saturated heterocycles. The number of halogens is 1. The number of hydrogen-bond acceptors (Lipinski definition) is 4. The Kier molecular flexibility index (Phi) is 3.49. The lowest BCUT2D eigenvalue weighted by molar-refractivity contribution is 0.619. The number of pyridine rings is 1. The van der Waals surface area contributed by atoms with E-state index < -0.39 is 0 Å². The van der Waals surface area contributed by atoms with Gasteiger partial charge in [0.25, 0.3) is 0 Å². The van der Waals surface area contributed by atoms with Crippen LogP contribution in [0.25, 0.3) is 0 Å². The van der Waals surface area contributed by atoms with E-state index in [-0.39, 0.29) is 11.9 Å². The second-order valence-electron chi connectivity index (χ2n) is 3.93. The normalized spacial score (nSPS) is 19.3. The van der Waals surface area contributed by atoms with Gasteiger partial charge in [0.15, 0.2) is 0 Å². The average Bonchev–Trinajstić information content (AvgIpc) is 2.68. The summed E-state index contributed by atoms with van der Waals surface area (Å²) in [4.78, 5) is 3.82. The predicted molar refractivity (Wildman–Crippen MR) is 66.6 cm³/mol. The van der Waals surface area contributed by atoms with Crippen LogP contribution >= 0.6 is 0 Å². The summed E-state index contributed by atoms with van der Waals surface area (Å²) in [6, 6.07) is 1.61. The van der Waals surface area contributed by atoms with Crippen molar-refractivity contribution in [3.05, 3.63) is 36.9 Å². The van der Waals surface area contributed by atoms with Crippen LogP contribution in [0.1, 0.15) is 6.92 Å². The first-order chi connectivity index (χ1) is 8.20. The molecular formula is C12H15FN4. The van der Waals surface area contributed by atoms with Crippen LogP contribution in [0.4, 0.5) is 10.1 Å². The topological polar surface area (TPSA) is 40.5 Å². The molecule has 1 atom stereocenters. The highest BCUT2D eigenvalue weighted by molar-refractivity contribution is 5.91. The van der Waals surface area contributed by atoms with Crippen LogP contribution in [-0.4, -0.2) is 29.8 Å². The number of nitrogens with zero attached hydrogens (tertiary/aromatic N) is 3. The summed E-state index contributed by atoms with van der Waals surface area (Å²) in [6.45, 7) is 7.03. The molecule has 1 N–H and O–H groups in total. The number of nitrogens with one attached hydrogen (secondary N) is 1. The maximum absolute atomic E-state index is 13.1. The van der Waals surface area contributed by atoms with E-state index in [1.54, 1.807) is 17.3 Å². The summed E-state index contributed by atoms with van der Waals surface area (Å²) >= 11 is 0. The van der Waals surface area contributed by atoms with Crippen molar-refractivity contribution in [2.45, 2.75) is 13.0 Å². The van der Waals surface area contributed by atoms with Gasteiger partial charge in [-0.05, 0) is 6.92 Å². The van der Waals surface area contributed by atoms with Crippen LogP contribution in [-0.2, 0) is 0 Å². The van der Waals surface area contributed by atoms with Crippen molar-refractivity contribution in [3.63, 3.8) is 0 Å². The third-order valence-electron chi connectivity index (χ3n) is 2.64. The van der Waals surface area contributed by atoms with Crippen molar-refractivity contribution in [2.75, 3.05) is 18.1 Å². The summed E-state index contributed by atoms with van der Waals surface area (Å²) < 4.78 is 13.1. The molecule has 0 radical (unpaired) electrons. The second-order valence-corrected chi connectivity index (χ2v) is 3.93. The fourth-order valence-electron chi connectivity index (χ4n) is 1.75. The van der Waals surface area contributed by atoms with Crippen molar-refractivity contribution in [2.24, 2.45) is 5.10 Å². The van der Waals surface area contributed by atoms with E-state index in [9.17, 15) is 4.39 Å². The van der Waals surface area contributed by atoms with Crippen molar-refractivity contribution >= 4 is 11.4 Å². The molecule has 0 aromatic carbocycles. The Labute approximate surface area is 99.9 Å². The van der Waals surface area contributed by atoms with Crippen LogP contribution < -0.4 is 10.3 Å². The third-order valence-corrected chi connectivity index (χ3v) is 2.64. The largest absolute Gasteiger partial charge is 0.304 e. The van der Waals surface area contributed by atoms with Crippen LogP contribution in [0.15, 0.2) is 36.2 Å². The summed E-state index contributed by atoms with van der Waals surface area (Å²) in [7, 11) is 0. The monoisotopic (exact) mass is 234 g/mol. The Hall–Kier alpha value is -1.75. The van der Waals surface area contributed by atoms with Gasteiger partial charge in [0, 0.05) is 12.6 Å². The van der Waals surface area contributed by atoms with Gasteiger partial charge in [0.05, 0.1) is 36.4 Å². The lowest BCUT2D eigenvalue weighted by Crippen LogP contribution is -2.38. The highest BCUT2D eigenvalue weighted by atomic mass is 19.1. The molecule has 2 heterocycles. The van der Waals surface area contributed by atoms with Crippen molar-refractivity contribution in [3.8, 4) is 0 Å². The maximum Gasteiger partial charge on any atom is 0.143 e. The van der Waals surface area contributed by atoms with Gasteiger partial charge >= 0.3 is 0 Å². The quantitative estimate of drug-likeness (QED) is 0.804. The predicted octanol–water partition coefficient (Wildman–Crippen LogP) is 1.56. The maximum atomic E-state index is 13.1. The van der Waals surface area contributed by atoms with Crippen molar-refractivity contribution in [1.82, 2.24) is 10.3 Å². The molecule has 0 fully saturated rings. The lowest BCUT2D eigenvalue weighted by atomic mass is 10.2. The van der Waals surface area contributed by atoms with E-state index in [0.29, 0.717) is 12.2 Å². The first-order valence-electron chi connectivity index (χ1n) is 5.48. The van der Waals surface area contributed by atoms with Crippen LogP contribution in [0.5, 0.6) is 0 Å². The van der Waals surface area contributed by atoms with Crippen molar-refractivity contribution < 1.29 is 4.39 Å². The average molecular weight is 234 g/mol. The second kappa shape index (κ2) is 5.05. The molecule has 1 unspecified atom stereocenters. The Morgan fingerprint density at radius 1 is 1.65 bits per heavy atom. The van der Waals surface area contributed by atoms with Crippen LogP contribution in [0, 0.1) is 5.82 Å². The molecule has 2 rings (SSSR count). The summed E-state index contributed by atoms with van der Waals surface area (Å²) in [6.07, 6.45) is 4.60. The van der Waals surface area contributed by atoms with Gasteiger partial charge in [0.1, 0.15) is 5.82 Å². The number of rotatable bonds is 4. The first-order valence-corrected chi connectivity index (χ1v) is 5.48. The zero-order valence-electron chi connectivity index (χ0n) is 9.73. The standard InChI is InChI=1S/C12H15FN4/c1-3-4-15-12-8-17(16-9(12)2)11-5-10(13)6-14-7-11/h3,5-7,12,15H,1,4,8H2,2H3. The van der Waals surface area contributed by atoms with E-state index in [0.717, 1.165) is 12.3 Å². The Morgan fingerprint density at radius 2 is 2.47 bits per heavy atom. The number of aromatic nitrogens is 1. The van der Waals surface area contributed by atoms with Gasteiger partial charge in [-0.2, -0.15) is 5.10 Å². The van der Waals surface area contributed by atoms with Crippen molar-refractivity contribution in [1.29, 1.82) is 0 Å². The third kappa shape index (κ3) is 2.68. The minimum Gasteiger partial charge on any atom is -0.304 e. The Morgan fingerprint density at radius 3 is 3.18 bits per heavy atom. The molecule has 1 aliphatic heterocycles. The van der Waals surface area contributed by atoms with E-state index in [4.69, 9.17) is 0 Å². The molecule has 0 aliphatic carbocycles. The number of hydrazone groups is 1. The number of anilines is 1. The molecule has 1 aromatic rings. The van der Waals surface area contributed by atoms with Crippen LogP contribution in [0.2, 0.25) is 0 Å². The summed E-state index contributed by atoms with van der Waals surface area (Å²) in [5, 5.41) is 9.43. The lowest BCUT2D eigenvalue weighted by Gasteiger charge is -2.16. The van der Waals surface area contributed by atoms with Gasteiger partial charge < -0.3 is 5.32 Å². The molecule has 1 aliphatic rings. The van der Waals surface area contributed by atoms with E-state index in [2.05, 4.69) is 22.0 Å². The molecule has 0 saturated carbocycles.